The molecular weight excluding hydrogens is 314 g/mol. The van der Waals surface area contributed by atoms with Crippen molar-refractivity contribution in [3.8, 4) is 0 Å². The van der Waals surface area contributed by atoms with E-state index in [0.29, 0.717) is 25.2 Å². The fourth-order valence-corrected chi connectivity index (χ4v) is 4.32. The van der Waals surface area contributed by atoms with Crippen LogP contribution in [-0.4, -0.2) is 62.3 Å². The molecule has 1 amide bonds. The molecule has 128 valence electrons. The Hall–Kier alpha value is -1.44. The molecule has 2 rings (SSSR count). The molecule has 1 aliphatic rings. The van der Waals surface area contributed by atoms with Crippen LogP contribution in [0.15, 0.2) is 29.2 Å². The number of rotatable bonds is 5. The van der Waals surface area contributed by atoms with Crippen LogP contribution in [0.25, 0.3) is 0 Å². The van der Waals surface area contributed by atoms with E-state index in [1.165, 1.54) is 10.4 Å². The second-order valence-corrected chi connectivity index (χ2v) is 7.61. The molecule has 0 saturated carbocycles. The van der Waals surface area contributed by atoms with E-state index in [1.807, 2.05) is 6.92 Å². The molecular formula is C16H25N3O3S. The predicted octanol–water partition coefficient (Wildman–Crippen LogP) is 1.15. The molecule has 1 N–H and O–H groups in total. The molecule has 1 fully saturated rings. The predicted molar refractivity (Wildman–Crippen MR) is 89.9 cm³/mol. The first-order valence-corrected chi connectivity index (χ1v) is 9.47. The van der Waals surface area contributed by atoms with Gasteiger partial charge in [0.1, 0.15) is 0 Å². The Kier molecular flexibility index (Phi) is 5.78. The number of sulfonamides is 1. The van der Waals surface area contributed by atoms with Crippen LogP contribution in [0.5, 0.6) is 0 Å². The van der Waals surface area contributed by atoms with Crippen molar-refractivity contribution >= 4 is 15.9 Å². The van der Waals surface area contributed by atoms with Crippen LogP contribution in [0.4, 0.5) is 0 Å². The number of benzene rings is 1. The highest BCUT2D eigenvalue weighted by atomic mass is 32.2. The molecule has 0 aromatic heterocycles. The van der Waals surface area contributed by atoms with Gasteiger partial charge in [0, 0.05) is 44.3 Å². The third-order valence-electron chi connectivity index (χ3n) is 4.19. The smallest absolute Gasteiger partial charge is 0.254 e. The first-order chi connectivity index (χ1) is 10.9. The Balaban J connectivity index is 2.31. The molecule has 0 radical (unpaired) electrons. The molecule has 1 heterocycles. The van der Waals surface area contributed by atoms with Crippen LogP contribution in [-0.2, 0) is 10.0 Å². The number of hydrogen-bond acceptors (Lipinski definition) is 4. The van der Waals surface area contributed by atoms with Gasteiger partial charge in [-0.25, -0.2) is 8.42 Å². The fraction of sp³-hybridized carbons (Fsp3) is 0.562. The lowest BCUT2D eigenvalue weighted by molar-refractivity contribution is 0.0655. The average Bonchev–Trinajstić information content (AvgIpc) is 2.55. The lowest BCUT2D eigenvalue weighted by Gasteiger charge is -2.34. The van der Waals surface area contributed by atoms with Crippen molar-refractivity contribution in [1.29, 1.82) is 0 Å². The van der Waals surface area contributed by atoms with Crippen LogP contribution in [0.1, 0.15) is 31.1 Å². The molecule has 1 aromatic carbocycles. The first kappa shape index (κ1) is 17.9. The van der Waals surface area contributed by atoms with E-state index in [1.54, 1.807) is 36.9 Å². The van der Waals surface area contributed by atoms with Crippen molar-refractivity contribution in [1.82, 2.24) is 14.5 Å². The summed E-state index contributed by atoms with van der Waals surface area (Å²) in [6, 6.07) is 6.45. The van der Waals surface area contributed by atoms with E-state index >= 15 is 0 Å². The molecule has 1 saturated heterocycles. The summed E-state index contributed by atoms with van der Waals surface area (Å²) >= 11 is 0. The Morgan fingerprint density at radius 1 is 1.35 bits per heavy atom. The molecule has 0 bridgehead atoms. The van der Waals surface area contributed by atoms with E-state index in [2.05, 4.69) is 5.32 Å². The highest BCUT2D eigenvalue weighted by molar-refractivity contribution is 7.89. The van der Waals surface area contributed by atoms with E-state index in [0.717, 1.165) is 13.1 Å². The van der Waals surface area contributed by atoms with Gasteiger partial charge in [-0.05, 0) is 25.1 Å². The highest BCUT2D eigenvalue weighted by Crippen LogP contribution is 2.19. The van der Waals surface area contributed by atoms with Crippen LogP contribution in [0.2, 0.25) is 0 Å². The largest absolute Gasteiger partial charge is 0.333 e. The number of amides is 1. The lowest BCUT2D eigenvalue weighted by atomic mass is 10.1. The van der Waals surface area contributed by atoms with Crippen molar-refractivity contribution in [3.63, 3.8) is 0 Å². The molecule has 1 aliphatic heterocycles. The van der Waals surface area contributed by atoms with Gasteiger partial charge in [-0.15, -0.1) is 0 Å². The van der Waals surface area contributed by atoms with Crippen LogP contribution in [0.3, 0.4) is 0 Å². The summed E-state index contributed by atoms with van der Waals surface area (Å²) in [4.78, 5) is 14.7. The van der Waals surface area contributed by atoms with Gasteiger partial charge < -0.3 is 10.2 Å². The zero-order valence-electron chi connectivity index (χ0n) is 13.9. The van der Waals surface area contributed by atoms with Gasteiger partial charge in [-0.2, -0.15) is 4.31 Å². The van der Waals surface area contributed by atoms with Gasteiger partial charge in [-0.1, -0.05) is 19.9 Å². The SMILES string of the molecule is CCN(CC)S(=O)(=O)c1cccc(C(=O)N2CCNC[C@H]2C)c1. The number of nitrogens with zero attached hydrogens (tertiary/aromatic N) is 2. The molecule has 0 spiro atoms. The van der Waals surface area contributed by atoms with Gasteiger partial charge in [0.25, 0.3) is 5.91 Å². The van der Waals surface area contributed by atoms with Crippen molar-refractivity contribution < 1.29 is 13.2 Å². The Bertz CT molecular complexity index is 656. The Labute approximate surface area is 138 Å². The number of nitrogens with one attached hydrogen (secondary N) is 1. The fourth-order valence-electron chi connectivity index (χ4n) is 2.81. The highest BCUT2D eigenvalue weighted by Gasteiger charge is 2.26. The van der Waals surface area contributed by atoms with Crippen LogP contribution in [0, 0.1) is 0 Å². The number of hydrogen-bond donors (Lipinski definition) is 1. The van der Waals surface area contributed by atoms with Crippen molar-refractivity contribution in [2.45, 2.75) is 31.7 Å². The van der Waals surface area contributed by atoms with Crippen LogP contribution >= 0.6 is 0 Å². The zero-order chi connectivity index (χ0) is 17.0. The normalized spacial score (nSPS) is 19.1. The van der Waals surface area contributed by atoms with E-state index < -0.39 is 10.0 Å². The maximum absolute atomic E-state index is 12.7. The maximum Gasteiger partial charge on any atom is 0.254 e. The number of carbonyl (C=O) groups is 1. The standard InChI is InChI=1S/C16H25N3O3S/c1-4-18(5-2)23(21,22)15-8-6-7-14(11-15)16(20)19-10-9-17-12-13(19)3/h6-8,11,13,17H,4-5,9-10,12H2,1-3H3/t13-/m1/s1. The summed E-state index contributed by atoms with van der Waals surface area (Å²) in [6.45, 7) is 8.55. The van der Waals surface area contributed by atoms with Crippen LogP contribution < -0.4 is 5.32 Å². The van der Waals surface area contributed by atoms with Crippen molar-refractivity contribution in [2.75, 3.05) is 32.7 Å². The van der Waals surface area contributed by atoms with Gasteiger partial charge in [0.15, 0.2) is 0 Å². The molecule has 1 atom stereocenters. The minimum atomic E-state index is -3.55. The molecule has 23 heavy (non-hydrogen) atoms. The van der Waals surface area contributed by atoms with E-state index in [4.69, 9.17) is 0 Å². The van der Waals surface area contributed by atoms with E-state index in [-0.39, 0.29) is 16.8 Å². The van der Waals surface area contributed by atoms with Crippen molar-refractivity contribution in [2.24, 2.45) is 0 Å². The summed E-state index contributed by atoms with van der Waals surface area (Å²) in [5, 5.41) is 3.24. The summed E-state index contributed by atoms with van der Waals surface area (Å²) in [6.07, 6.45) is 0. The van der Waals surface area contributed by atoms with Gasteiger partial charge >= 0.3 is 0 Å². The third-order valence-corrected chi connectivity index (χ3v) is 6.23. The second kappa shape index (κ2) is 7.42. The zero-order valence-corrected chi connectivity index (χ0v) is 14.8. The van der Waals surface area contributed by atoms with Gasteiger partial charge in [-0.3, -0.25) is 4.79 Å². The first-order valence-electron chi connectivity index (χ1n) is 8.03. The van der Waals surface area contributed by atoms with Gasteiger partial charge in [0.2, 0.25) is 10.0 Å². The number of piperazine rings is 1. The molecule has 7 heteroatoms. The molecule has 0 aliphatic carbocycles. The Morgan fingerprint density at radius 2 is 2.04 bits per heavy atom. The summed E-state index contributed by atoms with van der Waals surface area (Å²) in [5.74, 6) is -0.115. The van der Waals surface area contributed by atoms with Crippen molar-refractivity contribution in [3.05, 3.63) is 29.8 Å². The minimum absolute atomic E-state index is 0.0966. The Morgan fingerprint density at radius 3 is 2.65 bits per heavy atom. The molecule has 0 unspecified atom stereocenters. The van der Waals surface area contributed by atoms with Gasteiger partial charge in [0.05, 0.1) is 4.90 Å². The quantitative estimate of drug-likeness (QED) is 0.874. The monoisotopic (exact) mass is 339 g/mol. The molecule has 6 nitrogen and oxygen atoms in total. The minimum Gasteiger partial charge on any atom is -0.333 e. The topological polar surface area (TPSA) is 69.7 Å². The summed E-state index contributed by atoms with van der Waals surface area (Å²) < 4.78 is 26.6. The summed E-state index contributed by atoms with van der Waals surface area (Å²) in [7, 11) is -3.55. The average molecular weight is 339 g/mol. The third kappa shape index (κ3) is 3.73. The summed E-state index contributed by atoms with van der Waals surface area (Å²) in [5.41, 5.74) is 0.423. The molecule has 1 aromatic rings. The lowest BCUT2D eigenvalue weighted by Crippen LogP contribution is -2.52. The second-order valence-electron chi connectivity index (χ2n) is 5.67. The van der Waals surface area contributed by atoms with E-state index in [9.17, 15) is 13.2 Å². The maximum atomic E-state index is 12.7. The number of carbonyl (C=O) groups excluding carboxylic acids is 1.